The van der Waals surface area contributed by atoms with Gasteiger partial charge in [-0.25, -0.2) is 4.99 Å². The summed E-state index contributed by atoms with van der Waals surface area (Å²) < 4.78 is 6.86. The molecule has 6 nitrogen and oxygen atoms in total. The number of hydrogen-bond acceptors (Lipinski definition) is 3. The van der Waals surface area contributed by atoms with Crippen molar-refractivity contribution >= 4 is 5.96 Å². The Morgan fingerprint density at radius 1 is 1.41 bits per heavy atom. The molecule has 1 aromatic heterocycles. The average molecular weight is 301 g/mol. The van der Waals surface area contributed by atoms with Crippen LogP contribution in [-0.4, -0.2) is 35.5 Å². The van der Waals surface area contributed by atoms with Crippen molar-refractivity contribution in [2.75, 3.05) is 13.7 Å². The summed E-state index contributed by atoms with van der Waals surface area (Å²) in [7, 11) is 3.56. The van der Waals surface area contributed by atoms with E-state index in [0.29, 0.717) is 19.1 Å². The molecule has 3 N–H and O–H groups in total. The third kappa shape index (κ3) is 4.33. The molecule has 2 aromatic rings. The molecule has 118 valence electrons. The van der Waals surface area contributed by atoms with Gasteiger partial charge in [-0.2, -0.15) is 5.10 Å². The second kappa shape index (κ2) is 7.61. The highest BCUT2D eigenvalue weighted by atomic mass is 16.5. The highest BCUT2D eigenvalue weighted by Crippen LogP contribution is 2.22. The van der Waals surface area contributed by atoms with E-state index in [1.165, 1.54) is 0 Å². The molecule has 6 heteroatoms. The molecule has 22 heavy (non-hydrogen) atoms. The number of methoxy groups -OCH3 is 1. The third-order valence-electron chi connectivity index (χ3n) is 3.18. The van der Waals surface area contributed by atoms with Crippen molar-refractivity contribution in [1.29, 1.82) is 0 Å². The SMILES string of the molecule is COCC(C)NC(N)=NCc1cn(C)nc1-c1ccccc1. The molecule has 0 saturated heterocycles. The Hall–Kier alpha value is -2.34. The molecule has 0 aliphatic rings. The first-order valence-electron chi connectivity index (χ1n) is 7.23. The number of guanidine groups is 1. The van der Waals surface area contributed by atoms with Gasteiger partial charge in [0.2, 0.25) is 0 Å². The molecule has 1 atom stereocenters. The predicted molar refractivity (Wildman–Crippen MR) is 88.4 cm³/mol. The standard InChI is InChI=1S/C16H23N5O/c1-12(11-22-3)19-16(17)18-9-14-10-21(2)20-15(14)13-7-5-4-6-8-13/h4-8,10,12H,9,11H2,1-3H3,(H3,17,18,19). The van der Waals surface area contributed by atoms with Crippen LogP contribution in [0.5, 0.6) is 0 Å². The smallest absolute Gasteiger partial charge is 0.189 e. The molecule has 0 saturated carbocycles. The summed E-state index contributed by atoms with van der Waals surface area (Å²) in [6.07, 6.45) is 1.97. The van der Waals surface area contributed by atoms with Crippen LogP contribution in [0, 0.1) is 0 Å². The molecule has 0 fully saturated rings. The van der Waals surface area contributed by atoms with E-state index in [2.05, 4.69) is 15.4 Å². The van der Waals surface area contributed by atoms with Gasteiger partial charge in [0.25, 0.3) is 0 Å². The number of rotatable bonds is 6. The first kappa shape index (κ1) is 16.0. The molecule has 1 unspecified atom stereocenters. The van der Waals surface area contributed by atoms with Crippen LogP contribution in [0.25, 0.3) is 11.3 Å². The first-order chi connectivity index (χ1) is 10.6. The Balaban J connectivity index is 2.10. The topological polar surface area (TPSA) is 77.5 Å². The quantitative estimate of drug-likeness (QED) is 0.626. The molecule has 0 radical (unpaired) electrons. The van der Waals surface area contributed by atoms with Crippen LogP contribution in [0.1, 0.15) is 12.5 Å². The zero-order valence-corrected chi connectivity index (χ0v) is 13.3. The summed E-state index contributed by atoms with van der Waals surface area (Å²) in [6.45, 7) is 3.06. The first-order valence-corrected chi connectivity index (χ1v) is 7.23. The van der Waals surface area contributed by atoms with E-state index >= 15 is 0 Å². The molecule has 1 heterocycles. The van der Waals surface area contributed by atoms with Gasteiger partial charge in [-0.3, -0.25) is 4.68 Å². The molecule has 0 bridgehead atoms. The zero-order valence-electron chi connectivity index (χ0n) is 13.3. The summed E-state index contributed by atoms with van der Waals surface area (Å²) in [6, 6.07) is 10.2. The van der Waals surface area contributed by atoms with Crippen molar-refractivity contribution in [2.24, 2.45) is 17.8 Å². The Morgan fingerprint density at radius 3 is 2.82 bits per heavy atom. The molecular weight excluding hydrogens is 278 g/mol. The second-order valence-corrected chi connectivity index (χ2v) is 5.24. The van der Waals surface area contributed by atoms with Gasteiger partial charge in [0.15, 0.2) is 5.96 Å². The Kier molecular flexibility index (Phi) is 5.55. The average Bonchev–Trinajstić information content (AvgIpc) is 2.87. The highest BCUT2D eigenvalue weighted by molar-refractivity contribution is 5.78. The van der Waals surface area contributed by atoms with Gasteiger partial charge in [-0.1, -0.05) is 30.3 Å². The lowest BCUT2D eigenvalue weighted by Gasteiger charge is -2.12. The number of benzene rings is 1. The van der Waals surface area contributed by atoms with Gasteiger partial charge in [0.1, 0.15) is 0 Å². The molecule has 0 spiro atoms. The van der Waals surface area contributed by atoms with Gasteiger partial charge < -0.3 is 15.8 Å². The summed E-state index contributed by atoms with van der Waals surface area (Å²) >= 11 is 0. The van der Waals surface area contributed by atoms with Gasteiger partial charge >= 0.3 is 0 Å². The monoisotopic (exact) mass is 301 g/mol. The van der Waals surface area contributed by atoms with E-state index in [1.807, 2.05) is 50.5 Å². The van der Waals surface area contributed by atoms with E-state index in [0.717, 1.165) is 16.8 Å². The fourth-order valence-corrected chi connectivity index (χ4v) is 2.25. The van der Waals surface area contributed by atoms with Crippen molar-refractivity contribution in [3.63, 3.8) is 0 Å². The van der Waals surface area contributed by atoms with E-state index in [-0.39, 0.29) is 6.04 Å². The van der Waals surface area contributed by atoms with Gasteiger partial charge in [-0.15, -0.1) is 0 Å². The molecule has 1 aromatic carbocycles. The predicted octanol–water partition coefficient (Wildman–Crippen LogP) is 1.53. The van der Waals surface area contributed by atoms with Gasteiger partial charge in [0.05, 0.1) is 18.8 Å². The molecule has 0 aliphatic carbocycles. The number of aryl methyl sites for hydroxylation is 1. The Morgan fingerprint density at radius 2 is 2.14 bits per heavy atom. The number of nitrogens with zero attached hydrogens (tertiary/aromatic N) is 3. The minimum Gasteiger partial charge on any atom is -0.383 e. The number of nitrogens with one attached hydrogen (secondary N) is 1. The largest absolute Gasteiger partial charge is 0.383 e. The second-order valence-electron chi connectivity index (χ2n) is 5.24. The van der Waals surface area contributed by atoms with Crippen LogP contribution < -0.4 is 11.1 Å². The minimum atomic E-state index is 0.122. The maximum absolute atomic E-state index is 5.90. The van der Waals surface area contributed by atoms with Crippen molar-refractivity contribution in [2.45, 2.75) is 19.5 Å². The summed E-state index contributed by atoms with van der Waals surface area (Å²) in [5, 5.41) is 7.61. The molecule has 2 rings (SSSR count). The van der Waals surface area contributed by atoms with Crippen molar-refractivity contribution in [1.82, 2.24) is 15.1 Å². The van der Waals surface area contributed by atoms with E-state index < -0.39 is 0 Å². The maximum atomic E-state index is 5.90. The fraction of sp³-hybridized carbons (Fsp3) is 0.375. The number of aliphatic imine (C=N–C) groups is 1. The van der Waals surface area contributed by atoms with Gasteiger partial charge in [0, 0.05) is 37.5 Å². The van der Waals surface area contributed by atoms with Crippen molar-refractivity contribution in [3.05, 3.63) is 42.1 Å². The number of ether oxygens (including phenoxy) is 1. The number of aromatic nitrogens is 2. The van der Waals surface area contributed by atoms with Crippen molar-refractivity contribution < 1.29 is 4.74 Å². The van der Waals surface area contributed by atoms with E-state index in [4.69, 9.17) is 10.5 Å². The van der Waals surface area contributed by atoms with Crippen LogP contribution in [-0.2, 0) is 18.3 Å². The molecular formula is C16H23N5O. The van der Waals surface area contributed by atoms with Crippen molar-refractivity contribution in [3.8, 4) is 11.3 Å². The van der Waals surface area contributed by atoms with Crippen LogP contribution >= 0.6 is 0 Å². The minimum absolute atomic E-state index is 0.122. The molecule has 0 aliphatic heterocycles. The van der Waals surface area contributed by atoms with E-state index in [9.17, 15) is 0 Å². The number of nitrogens with two attached hydrogens (primary N) is 1. The summed E-state index contributed by atoms with van der Waals surface area (Å²) in [4.78, 5) is 4.39. The van der Waals surface area contributed by atoms with Crippen LogP contribution in [0.2, 0.25) is 0 Å². The normalized spacial score (nSPS) is 13.1. The fourth-order valence-electron chi connectivity index (χ4n) is 2.25. The van der Waals surface area contributed by atoms with E-state index in [1.54, 1.807) is 11.8 Å². The van der Waals surface area contributed by atoms with Crippen LogP contribution in [0.3, 0.4) is 0 Å². The Bertz CT molecular complexity index is 621. The lowest BCUT2D eigenvalue weighted by Crippen LogP contribution is -2.40. The zero-order chi connectivity index (χ0) is 15.9. The lowest BCUT2D eigenvalue weighted by molar-refractivity contribution is 0.179. The Labute approximate surface area is 131 Å². The maximum Gasteiger partial charge on any atom is 0.189 e. The molecule has 0 amide bonds. The van der Waals surface area contributed by atoms with Crippen LogP contribution in [0.4, 0.5) is 0 Å². The summed E-state index contributed by atoms with van der Waals surface area (Å²) in [5.41, 5.74) is 8.96. The third-order valence-corrected chi connectivity index (χ3v) is 3.18. The lowest BCUT2D eigenvalue weighted by atomic mass is 10.1. The van der Waals surface area contributed by atoms with Gasteiger partial charge in [-0.05, 0) is 6.92 Å². The summed E-state index contributed by atoms with van der Waals surface area (Å²) in [5.74, 6) is 0.410. The number of hydrogen-bond donors (Lipinski definition) is 2. The van der Waals surface area contributed by atoms with Crippen LogP contribution in [0.15, 0.2) is 41.5 Å². The highest BCUT2D eigenvalue weighted by Gasteiger charge is 2.09.